The first kappa shape index (κ1) is 20.3. The molecular weight excluding hydrogens is 380 g/mol. The van der Waals surface area contributed by atoms with Crippen LogP contribution in [0.4, 0.5) is 14.6 Å². The molecular formula is C19H21F2N7O. The Morgan fingerprint density at radius 3 is 2.48 bits per heavy atom. The molecule has 2 N–H and O–H groups in total. The van der Waals surface area contributed by atoms with E-state index in [0.29, 0.717) is 0 Å². The molecule has 0 saturated carbocycles. The molecule has 0 atom stereocenters. The molecule has 3 aromatic rings. The van der Waals surface area contributed by atoms with Crippen LogP contribution in [0.2, 0.25) is 0 Å². The first-order valence-corrected chi connectivity index (χ1v) is 8.85. The van der Waals surface area contributed by atoms with Crippen LogP contribution < -0.4 is 16.3 Å². The van der Waals surface area contributed by atoms with Crippen LogP contribution in [0, 0.1) is 0 Å². The largest absolute Gasteiger partial charge is 0.364 e. The number of nitrogens with two attached hydrogens (primary N) is 1. The Balaban J connectivity index is 1.81. The van der Waals surface area contributed by atoms with E-state index in [4.69, 9.17) is 5.73 Å². The maximum Gasteiger partial charge on any atom is 0.364 e. The van der Waals surface area contributed by atoms with Crippen molar-refractivity contribution in [3.05, 3.63) is 70.3 Å². The number of aromatic nitrogens is 5. The molecule has 0 saturated heterocycles. The van der Waals surface area contributed by atoms with Crippen molar-refractivity contribution in [3.8, 4) is 11.1 Å². The van der Waals surface area contributed by atoms with E-state index in [1.54, 1.807) is 6.20 Å². The minimum Gasteiger partial charge on any atom is -0.363 e. The van der Waals surface area contributed by atoms with E-state index in [-0.39, 0.29) is 25.2 Å². The Hall–Kier alpha value is -3.40. The molecule has 2 heterocycles. The van der Waals surface area contributed by atoms with E-state index in [9.17, 15) is 13.6 Å². The number of tetrazole rings is 1. The van der Waals surface area contributed by atoms with Gasteiger partial charge in [-0.2, -0.15) is 18.1 Å². The van der Waals surface area contributed by atoms with Crippen molar-refractivity contribution < 1.29 is 8.78 Å². The third kappa shape index (κ3) is 4.72. The van der Waals surface area contributed by atoms with Gasteiger partial charge < -0.3 is 10.6 Å². The molecule has 0 amide bonds. The average Bonchev–Trinajstić information content (AvgIpc) is 3.05. The van der Waals surface area contributed by atoms with Crippen molar-refractivity contribution >= 4 is 5.82 Å². The number of pyridine rings is 1. The molecule has 0 fully saturated rings. The van der Waals surface area contributed by atoms with E-state index < -0.39 is 11.8 Å². The second kappa shape index (κ2) is 8.74. The fourth-order valence-electron chi connectivity index (χ4n) is 2.73. The normalized spacial score (nSPS) is 10.8. The fourth-order valence-corrected chi connectivity index (χ4v) is 2.73. The highest BCUT2D eigenvalue weighted by atomic mass is 19.3. The average molecular weight is 401 g/mol. The first-order valence-electron chi connectivity index (χ1n) is 8.85. The zero-order valence-electron chi connectivity index (χ0n) is 16.1. The van der Waals surface area contributed by atoms with E-state index in [1.165, 1.54) is 0 Å². The summed E-state index contributed by atoms with van der Waals surface area (Å²) in [5.41, 5.74) is 7.04. The maximum absolute atomic E-state index is 12.8. The van der Waals surface area contributed by atoms with Crippen molar-refractivity contribution in [2.75, 3.05) is 25.5 Å². The molecule has 29 heavy (non-hydrogen) atoms. The van der Waals surface area contributed by atoms with E-state index in [0.717, 1.165) is 31.9 Å². The van der Waals surface area contributed by atoms with Gasteiger partial charge in [-0.05, 0) is 39.8 Å². The molecule has 0 aliphatic carbocycles. The second-order valence-electron chi connectivity index (χ2n) is 6.64. The lowest BCUT2D eigenvalue weighted by atomic mass is 10.0. The summed E-state index contributed by atoms with van der Waals surface area (Å²) in [6, 6.07) is 11.5. The Morgan fingerprint density at radius 1 is 1.10 bits per heavy atom. The van der Waals surface area contributed by atoms with Gasteiger partial charge in [-0.3, -0.25) is 0 Å². The molecule has 8 nitrogen and oxygen atoms in total. The summed E-state index contributed by atoms with van der Waals surface area (Å²) in [6.45, 7) is -0.582. The van der Waals surface area contributed by atoms with Crippen LogP contribution in [0.25, 0.3) is 11.1 Å². The molecule has 0 aliphatic heterocycles. The number of halogens is 2. The van der Waals surface area contributed by atoms with Gasteiger partial charge in [-0.15, -0.1) is 0 Å². The lowest BCUT2D eigenvalue weighted by molar-refractivity contribution is 0.400. The van der Waals surface area contributed by atoms with Crippen LogP contribution in [0.5, 0.6) is 0 Å². The van der Waals surface area contributed by atoms with Crippen LogP contribution in [-0.2, 0) is 13.1 Å². The van der Waals surface area contributed by atoms with Gasteiger partial charge in [0.1, 0.15) is 5.82 Å². The Labute approximate surface area is 165 Å². The molecule has 0 unspecified atom stereocenters. The van der Waals surface area contributed by atoms with Gasteiger partial charge in [-0.25, -0.2) is 9.78 Å². The number of rotatable bonds is 7. The fraction of sp³-hybridized carbons (Fsp3) is 0.263. The van der Waals surface area contributed by atoms with Gasteiger partial charge >= 0.3 is 5.69 Å². The molecule has 3 rings (SSSR count). The van der Waals surface area contributed by atoms with Crippen molar-refractivity contribution in [2.24, 2.45) is 5.73 Å². The van der Waals surface area contributed by atoms with Crippen LogP contribution in [0.15, 0.2) is 59.0 Å². The Kier molecular flexibility index (Phi) is 6.13. The van der Waals surface area contributed by atoms with Gasteiger partial charge in [0, 0.05) is 38.0 Å². The van der Waals surface area contributed by atoms with Gasteiger partial charge in [0.05, 0.1) is 13.1 Å². The SMILES string of the molecule is CN(C)c1ccc(-c2cccc(Cn3nnn(CC(CN)=C(F)F)c3=O)c2)cn1. The molecule has 1 aromatic carbocycles. The highest BCUT2D eigenvalue weighted by Gasteiger charge is 2.12. The summed E-state index contributed by atoms with van der Waals surface area (Å²) in [4.78, 5) is 18.7. The van der Waals surface area contributed by atoms with Crippen molar-refractivity contribution in [2.45, 2.75) is 13.1 Å². The van der Waals surface area contributed by atoms with Gasteiger partial charge in [0.25, 0.3) is 6.08 Å². The van der Waals surface area contributed by atoms with Crippen LogP contribution in [0.1, 0.15) is 5.56 Å². The van der Waals surface area contributed by atoms with Gasteiger partial charge in [0.2, 0.25) is 0 Å². The van der Waals surface area contributed by atoms with Crippen molar-refractivity contribution in [1.29, 1.82) is 0 Å². The first-order chi connectivity index (χ1) is 13.9. The van der Waals surface area contributed by atoms with Crippen LogP contribution in [-0.4, -0.2) is 45.4 Å². The van der Waals surface area contributed by atoms with Crippen molar-refractivity contribution in [3.63, 3.8) is 0 Å². The van der Waals surface area contributed by atoms with E-state index >= 15 is 0 Å². The summed E-state index contributed by atoms with van der Waals surface area (Å²) in [5, 5.41) is 7.45. The predicted octanol–water partition coefficient (Wildman–Crippen LogP) is 1.73. The molecule has 0 aliphatic rings. The topological polar surface area (TPSA) is 94.9 Å². The number of anilines is 1. The molecule has 0 bridgehead atoms. The van der Waals surface area contributed by atoms with Crippen LogP contribution >= 0.6 is 0 Å². The smallest absolute Gasteiger partial charge is 0.363 e. The summed E-state index contributed by atoms with van der Waals surface area (Å²) in [7, 11) is 3.84. The predicted molar refractivity (Wildman–Crippen MR) is 106 cm³/mol. The summed E-state index contributed by atoms with van der Waals surface area (Å²) in [5.74, 6) is 0.851. The second-order valence-corrected chi connectivity index (χ2v) is 6.64. The number of benzene rings is 1. The molecule has 0 spiro atoms. The molecule has 152 valence electrons. The van der Waals surface area contributed by atoms with Crippen molar-refractivity contribution in [1.82, 2.24) is 24.8 Å². The molecule has 10 heteroatoms. The van der Waals surface area contributed by atoms with Gasteiger partial charge in [0.15, 0.2) is 0 Å². The zero-order valence-corrected chi connectivity index (χ0v) is 16.1. The van der Waals surface area contributed by atoms with E-state index in [2.05, 4.69) is 15.4 Å². The monoisotopic (exact) mass is 401 g/mol. The molecule has 2 aromatic heterocycles. The number of nitrogens with zero attached hydrogens (tertiary/aromatic N) is 6. The third-order valence-electron chi connectivity index (χ3n) is 4.35. The zero-order chi connectivity index (χ0) is 21.0. The highest BCUT2D eigenvalue weighted by Crippen LogP contribution is 2.21. The summed E-state index contributed by atoms with van der Waals surface area (Å²) in [6.07, 6.45) is -0.126. The quantitative estimate of drug-likeness (QED) is 0.648. The summed E-state index contributed by atoms with van der Waals surface area (Å²) < 4.78 is 27.5. The minimum atomic E-state index is -1.91. The Morgan fingerprint density at radius 2 is 1.86 bits per heavy atom. The lowest BCUT2D eigenvalue weighted by Crippen LogP contribution is -2.27. The Bertz CT molecular complexity index is 1070. The maximum atomic E-state index is 12.8. The number of hydrogen-bond acceptors (Lipinski definition) is 6. The number of hydrogen-bond donors (Lipinski definition) is 1. The lowest BCUT2D eigenvalue weighted by Gasteiger charge is -2.11. The standard InChI is InChI=1S/C19H21F2N7O/c1-26(2)17-7-6-15(10-23-17)14-5-3-4-13(8-14)11-27-19(29)28(25-24-27)12-16(9-22)18(20)21/h3-8,10H,9,11-12,22H2,1-2H3. The van der Waals surface area contributed by atoms with E-state index in [1.807, 2.05) is 55.4 Å². The molecule has 0 radical (unpaired) electrons. The van der Waals surface area contributed by atoms with Gasteiger partial charge in [-0.1, -0.05) is 18.2 Å². The third-order valence-corrected chi connectivity index (χ3v) is 4.35. The summed E-state index contributed by atoms with van der Waals surface area (Å²) >= 11 is 0. The van der Waals surface area contributed by atoms with Crippen LogP contribution in [0.3, 0.4) is 0 Å². The highest BCUT2D eigenvalue weighted by molar-refractivity contribution is 5.64. The minimum absolute atomic E-state index is 0.162.